The Morgan fingerprint density at radius 2 is 1.70 bits per heavy atom. The van der Waals surface area contributed by atoms with E-state index in [1.807, 2.05) is 51.1 Å². The molecule has 104 valence electrons. The Morgan fingerprint density at radius 3 is 2.30 bits per heavy atom. The highest BCUT2D eigenvalue weighted by molar-refractivity contribution is 9.10. The summed E-state index contributed by atoms with van der Waals surface area (Å²) in [5.41, 5.74) is 4.59. The van der Waals surface area contributed by atoms with Gasteiger partial charge in [0.15, 0.2) is 5.78 Å². The molecule has 0 aliphatic heterocycles. The maximum absolute atomic E-state index is 12.7. The Morgan fingerprint density at radius 1 is 1.00 bits per heavy atom. The summed E-state index contributed by atoms with van der Waals surface area (Å²) in [4.78, 5) is 12.7. The van der Waals surface area contributed by atoms with Crippen molar-refractivity contribution in [3.05, 3.63) is 62.6 Å². The quantitative estimate of drug-likeness (QED) is 0.767. The number of carbonyl (C=O) groups excluding carboxylic acids is 1. The molecule has 0 radical (unpaired) electrons. The molecule has 0 saturated carbocycles. The fraction of sp³-hybridized carbons (Fsp3) is 0.235. The monoisotopic (exact) mass is 332 g/mol. The van der Waals surface area contributed by atoms with Gasteiger partial charge in [0.1, 0.15) is 5.75 Å². The summed E-state index contributed by atoms with van der Waals surface area (Å²) in [5, 5.41) is 0. The first-order valence-electron chi connectivity index (χ1n) is 6.40. The first kappa shape index (κ1) is 14.8. The Balaban J connectivity index is 2.52. The first-order chi connectivity index (χ1) is 9.43. The van der Waals surface area contributed by atoms with Crippen LogP contribution in [0.1, 0.15) is 32.6 Å². The van der Waals surface area contributed by atoms with E-state index in [4.69, 9.17) is 4.74 Å². The third kappa shape index (κ3) is 2.78. The van der Waals surface area contributed by atoms with Crippen LogP contribution in [0.25, 0.3) is 0 Å². The fourth-order valence-electron chi connectivity index (χ4n) is 2.04. The highest BCUT2D eigenvalue weighted by Crippen LogP contribution is 2.29. The van der Waals surface area contributed by atoms with Crippen LogP contribution in [0.2, 0.25) is 0 Å². The zero-order chi connectivity index (χ0) is 14.9. The van der Waals surface area contributed by atoms with E-state index in [0.29, 0.717) is 16.9 Å². The second-order valence-electron chi connectivity index (χ2n) is 4.93. The van der Waals surface area contributed by atoms with Crippen LogP contribution >= 0.6 is 15.9 Å². The minimum atomic E-state index is -0.0225. The van der Waals surface area contributed by atoms with Gasteiger partial charge in [-0.3, -0.25) is 4.79 Å². The van der Waals surface area contributed by atoms with Gasteiger partial charge >= 0.3 is 0 Å². The third-order valence-electron chi connectivity index (χ3n) is 3.49. The van der Waals surface area contributed by atoms with Crippen LogP contribution in [-0.2, 0) is 0 Å². The minimum Gasteiger partial charge on any atom is -0.496 e. The molecule has 0 heterocycles. The van der Waals surface area contributed by atoms with Crippen LogP contribution < -0.4 is 4.74 Å². The summed E-state index contributed by atoms with van der Waals surface area (Å²) in [5.74, 6) is 0.583. The molecule has 2 aromatic carbocycles. The Bertz CT molecular complexity index is 675. The van der Waals surface area contributed by atoms with Crippen molar-refractivity contribution in [3.63, 3.8) is 0 Å². The second-order valence-corrected chi connectivity index (χ2v) is 5.78. The molecule has 0 spiro atoms. The number of ether oxygens (including phenoxy) is 1. The molecule has 0 atom stereocenters. The number of carbonyl (C=O) groups is 1. The summed E-state index contributed by atoms with van der Waals surface area (Å²) >= 11 is 3.47. The molecule has 0 aromatic heterocycles. The molecule has 0 fully saturated rings. The normalized spacial score (nSPS) is 10.4. The molecular formula is C17H17BrO2. The summed E-state index contributed by atoms with van der Waals surface area (Å²) in [6.45, 7) is 6.01. The first-order valence-corrected chi connectivity index (χ1v) is 7.19. The van der Waals surface area contributed by atoms with Crippen LogP contribution in [0.5, 0.6) is 5.75 Å². The number of ketones is 1. The highest BCUT2D eigenvalue weighted by atomic mass is 79.9. The van der Waals surface area contributed by atoms with E-state index in [-0.39, 0.29) is 5.78 Å². The number of aryl methyl sites for hydroxylation is 3. The lowest BCUT2D eigenvalue weighted by molar-refractivity contribution is 0.103. The van der Waals surface area contributed by atoms with Crippen LogP contribution in [0.4, 0.5) is 0 Å². The van der Waals surface area contributed by atoms with Gasteiger partial charge in [0, 0.05) is 10.0 Å². The zero-order valence-electron chi connectivity index (χ0n) is 12.1. The van der Waals surface area contributed by atoms with Crippen molar-refractivity contribution < 1.29 is 9.53 Å². The van der Waals surface area contributed by atoms with Crippen LogP contribution in [0, 0.1) is 20.8 Å². The van der Waals surface area contributed by atoms with E-state index in [1.54, 1.807) is 7.11 Å². The van der Waals surface area contributed by atoms with Gasteiger partial charge in [-0.2, -0.15) is 0 Å². The predicted octanol–water partition coefficient (Wildman–Crippen LogP) is 4.61. The summed E-state index contributed by atoms with van der Waals surface area (Å²) < 4.78 is 6.24. The van der Waals surface area contributed by atoms with Gasteiger partial charge in [0.05, 0.1) is 12.7 Å². The van der Waals surface area contributed by atoms with E-state index in [2.05, 4.69) is 15.9 Å². The molecule has 0 N–H and O–H groups in total. The van der Waals surface area contributed by atoms with E-state index in [0.717, 1.165) is 15.6 Å². The Kier molecular flexibility index (Phi) is 4.29. The number of hydrogen-bond acceptors (Lipinski definition) is 2. The van der Waals surface area contributed by atoms with Crippen molar-refractivity contribution in [1.82, 2.24) is 0 Å². The van der Waals surface area contributed by atoms with Gasteiger partial charge in [0.2, 0.25) is 0 Å². The van der Waals surface area contributed by atoms with Crippen LogP contribution in [-0.4, -0.2) is 12.9 Å². The van der Waals surface area contributed by atoms with E-state index >= 15 is 0 Å². The van der Waals surface area contributed by atoms with Crippen LogP contribution in [0.15, 0.2) is 34.8 Å². The molecule has 3 heteroatoms. The van der Waals surface area contributed by atoms with E-state index < -0.39 is 0 Å². The lowest BCUT2D eigenvalue weighted by Gasteiger charge is -2.11. The lowest BCUT2D eigenvalue weighted by Crippen LogP contribution is -2.05. The van der Waals surface area contributed by atoms with Crippen molar-refractivity contribution in [2.24, 2.45) is 0 Å². The summed E-state index contributed by atoms with van der Waals surface area (Å²) in [6.07, 6.45) is 0. The lowest BCUT2D eigenvalue weighted by atomic mass is 9.98. The average Bonchev–Trinajstić information content (AvgIpc) is 2.43. The molecule has 2 nitrogen and oxygen atoms in total. The third-order valence-corrected chi connectivity index (χ3v) is 4.35. The topological polar surface area (TPSA) is 26.3 Å². The average molecular weight is 333 g/mol. The summed E-state index contributed by atoms with van der Waals surface area (Å²) in [6, 6.07) is 9.45. The van der Waals surface area contributed by atoms with Gasteiger partial charge < -0.3 is 4.74 Å². The molecule has 20 heavy (non-hydrogen) atoms. The molecule has 2 rings (SSSR count). The molecule has 0 saturated heterocycles. The molecule has 2 aromatic rings. The van der Waals surface area contributed by atoms with Gasteiger partial charge in [-0.15, -0.1) is 0 Å². The number of methoxy groups -OCH3 is 1. The molecule has 0 bridgehead atoms. The van der Waals surface area contributed by atoms with Crippen molar-refractivity contribution in [2.45, 2.75) is 20.8 Å². The molecule has 0 unspecified atom stereocenters. The van der Waals surface area contributed by atoms with E-state index in [9.17, 15) is 4.79 Å². The molecular weight excluding hydrogens is 316 g/mol. The van der Waals surface area contributed by atoms with Crippen LogP contribution in [0.3, 0.4) is 0 Å². The number of rotatable bonds is 3. The minimum absolute atomic E-state index is 0.0225. The van der Waals surface area contributed by atoms with Crippen molar-refractivity contribution in [2.75, 3.05) is 7.11 Å². The zero-order valence-corrected chi connectivity index (χ0v) is 13.7. The molecule has 0 amide bonds. The van der Waals surface area contributed by atoms with E-state index in [1.165, 1.54) is 5.56 Å². The van der Waals surface area contributed by atoms with Crippen molar-refractivity contribution in [1.29, 1.82) is 0 Å². The predicted molar refractivity (Wildman–Crippen MR) is 84.8 cm³/mol. The Labute approximate surface area is 127 Å². The number of benzene rings is 2. The maximum Gasteiger partial charge on any atom is 0.196 e. The molecule has 0 aliphatic rings. The molecule has 0 aliphatic carbocycles. The maximum atomic E-state index is 12.7. The summed E-state index contributed by atoms with van der Waals surface area (Å²) in [7, 11) is 1.58. The second kappa shape index (κ2) is 5.80. The number of hydrogen-bond donors (Lipinski definition) is 0. The smallest absolute Gasteiger partial charge is 0.196 e. The fourth-order valence-corrected chi connectivity index (χ4v) is 2.38. The standard InChI is InChI=1S/C17H17BrO2/c1-10-5-6-13(7-11(10)2)17(19)14-9-15(18)12(3)8-16(14)20-4/h5-9H,1-4H3. The van der Waals surface area contributed by atoms with Gasteiger partial charge in [-0.05, 0) is 55.7 Å². The van der Waals surface area contributed by atoms with Crippen molar-refractivity contribution >= 4 is 21.7 Å². The van der Waals surface area contributed by atoms with Crippen molar-refractivity contribution in [3.8, 4) is 5.75 Å². The van der Waals surface area contributed by atoms with Gasteiger partial charge in [-0.25, -0.2) is 0 Å². The highest BCUT2D eigenvalue weighted by Gasteiger charge is 2.16. The largest absolute Gasteiger partial charge is 0.496 e. The van der Waals surface area contributed by atoms with Gasteiger partial charge in [-0.1, -0.05) is 28.1 Å². The number of halogens is 1. The Hall–Kier alpha value is -1.61. The SMILES string of the molecule is COc1cc(C)c(Br)cc1C(=O)c1ccc(C)c(C)c1. The van der Waals surface area contributed by atoms with Gasteiger partial charge in [0.25, 0.3) is 0 Å².